The first-order valence-electron chi connectivity index (χ1n) is 8.10. The lowest BCUT2D eigenvalue weighted by molar-refractivity contribution is 0.981. The number of rotatable bonds is 5. The SMILES string of the molecule is Cc1ccc(Nc2nncc(Nc3ccc(N(C)C)cc3)n2)c(C)c1. The molecular formula is C19H22N6. The fourth-order valence-corrected chi connectivity index (χ4v) is 2.48. The summed E-state index contributed by atoms with van der Waals surface area (Å²) in [5.41, 5.74) is 5.42. The molecule has 0 spiro atoms. The zero-order chi connectivity index (χ0) is 17.8. The summed E-state index contributed by atoms with van der Waals surface area (Å²) in [5, 5.41) is 14.5. The fourth-order valence-electron chi connectivity index (χ4n) is 2.48. The van der Waals surface area contributed by atoms with Crippen LogP contribution in [0.5, 0.6) is 0 Å². The second-order valence-electron chi connectivity index (χ2n) is 6.17. The van der Waals surface area contributed by atoms with Crippen LogP contribution in [0.25, 0.3) is 0 Å². The van der Waals surface area contributed by atoms with Gasteiger partial charge >= 0.3 is 0 Å². The Morgan fingerprint density at radius 3 is 2.36 bits per heavy atom. The van der Waals surface area contributed by atoms with Crippen LogP contribution in [0.3, 0.4) is 0 Å². The Kier molecular flexibility index (Phi) is 4.79. The van der Waals surface area contributed by atoms with Gasteiger partial charge in [-0.05, 0) is 49.7 Å². The maximum absolute atomic E-state index is 4.48. The van der Waals surface area contributed by atoms with Gasteiger partial charge in [0.05, 0.1) is 6.20 Å². The average molecular weight is 334 g/mol. The molecule has 6 nitrogen and oxygen atoms in total. The number of hydrogen-bond donors (Lipinski definition) is 2. The minimum atomic E-state index is 0.460. The molecule has 0 aliphatic heterocycles. The van der Waals surface area contributed by atoms with Gasteiger partial charge in [-0.15, -0.1) is 5.10 Å². The van der Waals surface area contributed by atoms with Gasteiger partial charge in [-0.25, -0.2) is 0 Å². The van der Waals surface area contributed by atoms with Crippen LogP contribution in [-0.2, 0) is 0 Å². The number of anilines is 5. The number of hydrogen-bond acceptors (Lipinski definition) is 6. The third kappa shape index (κ3) is 4.23. The van der Waals surface area contributed by atoms with Crippen molar-refractivity contribution in [3.05, 3.63) is 59.8 Å². The van der Waals surface area contributed by atoms with Crippen molar-refractivity contribution in [2.45, 2.75) is 13.8 Å². The summed E-state index contributed by atoms with van der Waals surface area (Å²) in [5.74, 6) is 1.10. The van der Waals surface area contributed by atoms with E-state index >= 15 is 0 Å². The van der Waals surface area contributed by atoms with Gasteiger partial charge in [-0.2, -0.15) is 10.1 Å². The number of nitrogens with zero attached hydrogens (tertiary/aromatic N) is 4. The highest BCUT2D eigenvalue weighted by atomic mass is 15.3. The normalized spacial score (nSPS) is 10.4. The van der Waals surface area contributed by atoms with Gasteiger partial charge < -0.3 is 15.5 Å². The number of nitrogens with one attached hydrogen (secondary N) is 2. The number of aryl methyl sites for hydroxylation is 2. The molecule has 3 aromatic rings. The van der Waals surface area contributed by atoms with Crippen molar-refractivity contribution < 1.29 is 0 Å². The summed E-state index contributed by atoms with van der Waals surface area (Å²) < 4.78 is 0. The standard InChI is InChI=1S/C19H22N6/c1-13-5-10-17(14(2)11-13)22-19-23-18(12-20-24-19)21-15-6-8-16(9-7-15)25(3)4/h5-12H,1-4H3,(H2,21,22,23,24). The van der Waals surface area contributed by atoms with E-state index in [-0.39, 0.29) is 0 Å². The monoisotopic (exact) mass is 334 g/mol. The third-order valence-corrected chi connectivity index (χ3v) is 3.84. The Hall–Kier alpha value is -3.15. The largest absolute Gasteiger partial charge is 0.378 e. The Morgan fingerprint density at radius 1 is 0.920 bits per heavy atom. The summed E-state index contributed by atoms with van der Waals surface area (Å²) >= 11 is 0. The van der Waals surface area contributed by atoms with Gasteiger partial charge in [0, 0.05) is 31.2 Å². The lowest BCUT2D eigenvalue weighted by atomic mass is 10.1. The molecule has 0 bridgehead atoms. The first-order chi connectivity index (χ1) is 12.0. The van der Waals surface area contributed by atoms with Gasteiger partial charge in [-0.3, -0.25) is 0 Å². The second-order valence-corrected chi connectivity index (χ2v) is 6.17. The van der Waals surface area contributed by atoms with E-state index in [1.165, 1.54) is 5.56 Å². The lowest BCUT2D eigenvalue weighted by Crippen LogP contribution is -2.08. The molecule has 0 atom stereocenters. The molecule has 0 fully saturated rings. The minimum Gasteiger partial charge on any atom is -0.378 e. The predicted octanol–water partition coefficient (Wildman–Crippen LogP) is 4.04. The summed E-state index contributed by atoms with van der Waals surface area (Å²) in [6, 6.07) is 14.3. The number of aromatic nitrogens is 3. The van der Waals surface area contributed by atoms with E-state index < -0.39 is 0 Å². The first-order valence-corrected chi connectivity index (χ1v) is 8.10. The molecule has 0 saturated carbocycles. The van der Waals surface area contributed by atoms with Crippen LogP contribution in [0.2, 0.25) is 0 Å². The summed E-state index contributed by atoms with van der Waals surface area (Å²) in [6.45, 7) is 4.12. The fraction of sp³-hybridized carbons (Fsp3) is 0.211. The zero-order valence-electron chi connectivity index (χ0n) is 14.9. The Bertz CT molecular complexity index is 858. The molecule has 0 amide bonds. The highest BCUT2D eigenvalue weighted by Crippen LogP contribution is 2.21. The molecule has 0 saturated heterocycles. The van der Waals surface area contributed by atoms with Gasteiger partial charge in [-0.1, -0.05) is 17.7 Å². The molecule has 0 radical (unpaired) electrons. The molecule has 1 aromatic heterocycles. The van der Waals surface area contributed by atoms with Gasteiger partial charge in [0.15, 0.2) is 5.82 Å². The first kappa shape index (κ1) is 16.7. The predicted molar refractivity (Wildman–Crippen MR) is 103 cm³/mol. The van der Waals surface area contributed by atoms with Gasteiger partial charge in [0.1, 0.15) is 0 Å². The molecule has 1 heterocycles. The van der Waals surface area contributed by atoms with Crippen molar-refractivity contribution in [1.29, 1.82) is 0 Å². The van der Waals surface area contributed by atoms with E-state index in [1.807, 2.05) is 44.4 Å². The maximum atomic E-state index is 4.48. The van der Waals surface area contributed by atoms with Gasteiger partial charge in [0.2, 0.25) is 5.95 Å². The van der Waals surface area contributed by atoms with E-state index in [9.17, 15) is 0 Å². The summed E-state index contributed by atoms with van der Waals surface area (Å²) in [4.78, 5) is 6.54. The molecule has 128 valence electrons. The molecular weight excluding hydrogens is 312 g/mol. The van der Waals surface area contributed by atoms with Crippen LogP contribution < -0.4 is 15.5 Å². The maximum Gasteiger partial charge on any atom is 0.249 e. The topological polar surface area (TPSA) is 66.0 Å². The Morgan fingerprint density at radius 2 is 1.68 bits per heavy atom. The molecule has 2 N–H and O–H groups in total. The van der Waals surface area contributed by atoms with Crippen LogP contribution >= 0.6 is 0 Å². The van der Waals surface area contributed by atoms with Crippen LogP contribution in [0.15, 0.2) is 48.7 Å². The zero-order valence-corrected chi connectivity index (χ0v) is 14.9. The molecule has 3 rings (SSSR count). The third-order valence-electron chi connectivity index (χ3n) is 3.84. The Labute approximate surface area is 147 Å². The van der Waals surface area contributed by atoms with Crippen LogP contribution in [0.1, 0.15) is 11.1 Å². The lowest BCUT2D eigenvalue weighted by Gasteiger charge is -2.13. The molecule has 0 unspecified atom stereocenters. The van der Waals surface area contributed by atoms with Gasteiger partial charge in [0.25, 0.3) is 0 Å². The van der Waals surface area contributed by atoms with Crippen molar-refractivity contribution in [3.8, 4) is 0 Å². The Balaban J connectivity index is 1.75. The van der Waals surface area contributed by atoms with Crippen LogP contribution in [0.4, 0.5) is 28.8 Å². The minimum absolute atomic E-state index is 0.460. The average Bonchev–Trinajstić information content (AvgIpc) is 2.58. The van der Waals surface area contributed by atoms with Crippen molar-refractivity contribution in [1.82, 2.24) is 15.2 Å². The molecule has 0 aliphatic rings. The molecule has 6 heteroatoms. The highest BCUT2D eigenvalue weighted by Gasteiger charge is 2.05. The molecule has 0 aliphatic carbocycles. The molecule has 2 aromatic carbocycles. The van der Waals surface area contributed by atoms with Crippen molar-refractivity contribution in [3.63, 3.8) is 0 Å². The van der Waals surface area contributed by atoms with E-state index in [1.54, 1.807) is 6.20 Å². The number of benzene rings is 2. The van der Waals surface area contributed by atoms with Crippen molar-refractivity contribution >= 4 is 28.8 Å². The van der Waals surface area contributed by atoms with Crippen LogP contribution in [-0.4, -0.2) is 29.3 Å². The highest BCUT2D eigenvalue weighted by molar-refractivity contribution is 5.62. The van der Waals surface area contributed by atoms with E-state index in [0.29, 0.717) is 11.8 Å². The summed E-state index contributed by atoms with van der Waals surface area (Å²) in [6.07, 6.45) is 1.60. The van der Waals surface area contributed by atoms with Crippen molar-refractivity contribution in [2.24, 2.45) is 0 Å². The summed E-state index contributed by atoms with van der Waals surface area (Å²) in [7, 11) is 4.03. The van der Waals surface area contributed by atoms with Crippen molar-refractivity contribution in [2.75, 3.05) is 29.6 Å². The van der Waals surface area contributed by atoms with E-state index in [4.69, 9.17) is 0 Å². The van der Waals surface area contributed by atoms with Crippen LogP contribution in [0, 0.1) is 13.8 Å². The quantitative estimate of drug-likeness (QED) is 0.734. The smallest absolute Gasteiger partial charge is 0.249 e. The molecule has 25 heavy (non-hydrogen) atoms. The second kappa shape index (κ2) is 7.17. The van der Waals surface area contributed by atoms with E-state index in [2.05, 4.69) is 56.7 Å². The van der Waals surface area contributed by atoms with E-state index in [0.717, 1.165) is 22.6 Å².